The van der Waals surface area contributed by atoms with Crippen LogP contribution in [0.3, 0.4) is 0 Å². The van der Waals surface area contributed by atoms with Crippen molar-refractivity contribution >= 4 is 0 Å². The molecule has 2 aromatic rings. The smallest absolute Gasteiger partial charge is 0.241 e. The van der Waals surface area contributed by atoms with Crippen LogP contribution >= 0.6 is 0 Å². The zero-order chi connectivity index (χ0) is 19.2. The maximum Gasteiger partial charge on any atom is 0.241 e. The number of nitrogens with zero attached hydrogens (tertiary/aromatic N) is 4. The average molecular weight is 390 g/mol. The molecule has 0 spiro atoms. The molecule has 1 aromatic heterocycles. The number of hydrogen-bond donors (Lipinski definition) is 0. The average Bonchev–Trinajstić information content (AvgIpc) is 3.19. The van der Waals surface area contributed by atoms with E-state index in [-0.39, 0.29) is 5.82 Å². The molecule has 2 aliphatic heterocycles. The summed E-state index contributed by atoms with van der Waals surface area (Å²) in [4.78, 5) is 9.01. The van der Waals surface area contributed by atoms with Crippen LogP contribution in [0.25, 0.3) is 11.4 Å². The first-order valence-corrected chi connectivity index (χ1v) is 9.99. The van der Waals surface area contributed by atoms with Crippen molar-refractivity contribution in [2.24, 2.45) is 0 Å². The molecule has 0 N–H and O–H groups in total. The molecule has 0 amide bonds. The molecule has 0 radical (unpaired) electrons. The van der Waals surface area contributed by atoms with Gasteiger partial charge < -0.3 is 14.0 Å². The predicted molar refractivity (Wildman–Crippen MR) is 101 cm³/mol. The molecule has 7 nitrogen and oxygen atoms in total. The van der Waals surface area contributed by atoms with Gasteiger partial charge in [0.05, 0.1) is 38.5 Å². The number of aromatic nitrogens is 2. The highest BCUT2D eigenvalue weighted by Crippen LogP contribution is 2.23. The van der Waals surface area contributed by atoms with Gasteiger partial charge in [-0.15, -0.1) is 0 Å². The molecule has 0 aliphatic carbocycles. The number of ether oxygens (including phenoxy) is 2. The van der Waals surface area contributed by atoms with Gasteiger partial charge in [-0.2, -0.15) is 4.98 Å². The predicted octanol–water partition coefficient (Wildman–Crippen LogP) is 1.97. The quantitative estimate of drug-likeness (QED) is 0.716. The molecule has 152 valence electrons. The van der Waals surface area contributed by atoms with E-state index in [1.165, 1.54) is 6.07 Å². The van der Waals surface area contributed by atoms with Crippen LogP contribution in [0.5, 0.6) is 0 Å². The van der Waals surface area contributed by atoms with Crippen LogP contribution < -0.4 is 0 Å². The van der Waals surface area contributed by atoms with Crippen molar-refractivity contribution in [3.63, 3.8) is 0 Å². The molecule has 0 saturated carbocycles. The van der Waals surface area contributed by atoms with Crippen LogP contribution in [-0.2, 0) is 22.4 Å². The number of aryl methyl sites for hydroxylation is 1. The molecule has 2 saturated heterocycles. The lowest BCUT2D eigenvalue weighted by Gasteiger charge is -2.26. The van der Waals surface area contributed by atoms with Crippen molar-refractivity contribution < 1.29 is 18.4 Å². The molecule has 0 unspecified atom stereocenters. The Labute approximate surface area is 164 Å². The minimum absolute atomic E-state index is 0.316. The maximum atomic E-state index is 14.4. The fourth-order valence-corrected chi connectivity index (χ4v) is 3.61. The Morgan fingerprint density at radius 3 is 2.43 bits per heavy atom. The van der Waals surface area contributed by atoms with Crippen molar-refractivity contribution in [1.82, 2.24) is 19.9 Å². The van der Waals surface area contributed by atoms with Crippen molar-refractivity contribution in [2.75, 3.05) is 59.2 Å². The summed E-state index contributed by atoms with van der Waals surface area (Å²) in [5, 5.41) is 4.00. The first kappa shape index (κ1) is 19.4. The highest BCUT2D eigenvalue weighted by Gasteiger charge is 2.18. The van der Waals surface area contributed by atoms with Gasteiger partial charge >= 0.3 is 0 Å². The van der Waals surface area contributed by atoms with E-state index >= 15 is 0 Å². The molecule has 0 atom stereocenters. The van der Waals surface area contributed by atoms with Crippen LogP contribution in [0.4, 0.5) is 4.39 Å². The lowest BCUT2D eigenvalue weighted by molar-refractivity contribution is 0.0297. The summed E-state index contributed by atoms with van der Waals surface area (Å²) in [6, 6.07) is 5.18. The van der Waals surface area contributed by atoms with Crippen molar-refractivity contribution in [3.05, 3.63) is 35.5 Å². The molecule has 2 fully saturated rings. The van der Waals surface area contributed by atoms with Gasteiger partial charge in [-0.05, 0) is 37.1 Å². The second kappa shape index (κ2) is 9.56. The summed E-state index contributed by atoms with van der Waals surface area (Å²) in [6.45, 7) is 8.29. The van der Waals surface area contributed by atoms with E-state index in [4.69, 9.17) is 14.0 Å². The summed E-state index contributed by atoms with van der Waals surface area (Å²) >= 11 is 0. The zero-order valence-corrected chi connectivity index (χ0v) is 16.1. The van der Waals surface area contributed by atoms with E-state index in [1.807, 2.05) is 12.1 Å². The summed E-state index contributed by atoms with van der Waals surface area (Å²) in [5.41, 5.74) is 1.49. The second-order valence-electron chi connectivity index (χ2n) is 7.27. The number of hydrogen-bond acceptors (Lipinski definition) is 7. The Bertz CT molecular complexity index is 758. The summed E-state index contributed by atoms with van der Waals surface area (Å²) < 4.78 is 30.4. The van der Waals surface area contributed by atoms with Crippen LogP contribution in [0.15, 0.2) is 22.7 Å². The van der Waals surface area contributed by atoms with Crippen LogP contribution in [0.1, 0.15) is 17.9 Å². The molecular formula is C20H27FN4O3. The third-order valence-electron chi connectivity index (χ3n) is 5.25. The van der Waals surface area contributed by atoms with E-state index in [9.17, 15) is 4.39 Å². The van der Waals surface area contributed by atoms with E-state index < -0.39 is 0 Å². The van der Waals surface area contributed by atoms with E-state index in [2.05, 4.69) is 19.9 Å². The number of benzene rings is 1. The zero-order valence-electron chi connectivity index (χ0n) is 16.1. The van der Waals surface area contributed by atoms with Crippen LogP contribution in [0.2, 0.25) is 0 Å². The molecule has 4 rings (SSSR count). The van der Waals surface area contributed by atoms with Crippen molar-refractivity contribution in [1.29, 1.82) is 0 Å². The molecule has 0 bridgehead atoms. The fraction of sp³-hybridized carbons (Fsp3) is 0.600. The van der Waals surface area contributed by atoms with Crippen molar-refractivity contribution in [3.8, 4) is 11.4 Å². The third-order valence-corrected chi connectivity index (χ3v) is 5.25. The minimum atomic E-state index is -0.323. The SMILES string of the molecule is Fc1ccc(CCCN2CCOCC2)cc1-c1noc(CN2CCOCC2)n1. The Morgan fingerprint density at radius 1 is 0.964 bits per heavy atom. The number of halogens is 1. The topological polar surface area (TPSA) is 63.9 Å². The highest BCUT2D eigenvalue weighted by molar-refractivity contribution is 5.56. The van der Waals surface area contributed by atoms with E-state index in [0.717, 1.165) is 64.3 Å². The molecule has 2 aliphatic rings. The molecular weight excluding hydrogens is 363 g/mol. The van der Waals surface area contributed by atoms with Gasteiger partial charge in [-0.25, -0.2) is 4.39 Å². The monoisotopic (exact) mass is 390 g/mol. The van der Waals surface area contributed by atoms with Crippen LogP contribution in [0, 0.1) is 5.82 Å². The van der Waals surface area contributed by atoms with E-state index in [1.54, 1.807) is 0 Å². The van der Waals surface area contributed by atoms with Crippen molar-refractivity contribution in [2.45, 2.75) is 19.4 Å². The van der Waals surface area contributed by atoms with Gasteiger partial charge in [-0.1, -0.05) is 11.2 Å². The Kier molecular flexibility index (Phi) is 6.64. The Balaban J connectivity index is 1.36. The highest BCUT2D eigenvalue weighted by atomic mass is 19.1. The first-order chi connectivity index (χ1) is 13.8. The Hall–Kier alpha value is -1.87. The lowest BCUT2D eigenvalue weighted by Crippen LogP contribution is -2.36. The van der Waals surface area contributed by atoms with Gasteiger partial charge in [0, 0.05) is 26.2 Å². The number of morpholine rings is 2. The molecule has 1 aromatic carbocycles. The van der Waals surface area contributed by atoms with Gasteiger partial charge in [0.2, 0.25) is 11.7 Å². The van der Waals surface area contributed by atoms with Gasteiger partial charge in [0.15, 0.2) is 0 Å². The molecule has 3 heterocycles. The second-order valence-corrected chi connectivity index (χ2v) is 7.27. The fourth-order valence-electron chi connectivity index (χ4n) is 3.61. The maximum absolute atomic E-state index is 14.4. The van der Waals surface area contributed by atoms with Gasteiger partial charge in [0.25, 0.3) is 0 Å². The number of rotatable bonds is 7. The standard InChI is InChI=1S/C20H27FN4O3/c21-18-4-3-16(2-1-5-24-6-10-26-11-7-24)14-17(18)20-22-19(28-23-20)15-25-8-12-27-13-9-25/h3-4,14H,1-2,5-13,15H2. The molecule has 8 heteroatoms. The van der Waals surface area contributed by atoms with Gasteiger partial charge in [0.1, 0.15) is 5.82 Å². The first-order valence-electron chi connectivity index (χ1n) is 9.99. The summed E-state index contributed by atoms with van der Waals surface area (Å²) in [6.07, 6.45) is 1.92. The van der Waals surface area contributed by atoms with Gasteiger partial charge in [-0.3, -0.25) is 9.80 Å². The summed E-state index contributed by atoms with van der Waals surface area (Å²) in [5.74, 6) is 0.500. The summed E-state index contributed by atoms with van der Waals surface area (Å²) in [7, 11) is 0. The normalized spacial score (nSPS) is 19.2. The lowest BCUT2D eigenvalue weighted by atomic mass is 10.1. The minimum Gasteiger partial charge on any atom is -0.379 e. The molecule has 28 heavy (non-hydrogen) atoms. The van der Waals surface area contributed by atoms with E-state index in [0.29, 0.717) is 37.0 Å². The van der Waals surface area contributed by atoms with Crippen LogP contribution in [-0.4, -0.2) is 79.1 Å². The largest absolute Gasteiger partial charge is 0.379 e. The Morgan fingerprint density at radius 2 is 1.68 bits per heavy atom. The third kappa shape index (κ3) is 5.14.